The molecule has 1 aliphatic rings. The number of nitrogens with zero attached hydrogens (tertiary/aromatic N) is 3. The lowest BCUT2D eigenvalue weighted by Crippen LogP contribution is -2.19. The van der Waals surface area contributed by atoms with E-state index in [9.17, 15) is 10.1 Å². The van der Waals surface area contributed by atoms with Crippen molar-refractivity contribution in [3.05, 3.63) is 58.6 Å². The number of benzene rings is 2. The Morgan fingerprint density at radius 1 is 1.19 bits per heavy atom. The minimum atomic E-state index is -0.416. The van der Waals surface area contributed by atoms with Crippen LogP contribution < -0.4 is 5.32 Å². The van der Waals surface area contributed by atoms with Gasteiger partial charge in [-0.15, -0.1) is 0 Å². The van der Waals surface area contributed by atoms with Gasteiger partial charge in [0.25, 0.3) is 5.69 Å². The highest BCUT2D eigenvalue weighted by molar-refractivity contribution is 5.90. The van der Waals surface area contributed by atoms with E-state index in [0.29, 0.717) is 23.8 Å². The monoisotopic (exact) mass is 350 g/mol. The van der Waals surface area contributed by atoms with Gasteiger partial charge in [-0.2, -0.15) is 0 Å². The fourth-order valence-corrected chi connectivity index (χ4v) is 3.11. The topological polar surface area (TPSA) is 90.2 Å². The molecule has 1 fully saturated rings. The van der Waals surface area contributed by atoms with E-state index in [4.69, 9.17) is 4.74 Å². The summed E-state index contributed by atoms with van der Waals surface area (Å²) < 4.78 is 5.66. The fourth-order valence-electron chi connectivity index (χ4n) is 3.11. The zero-order chi connectivity index (χ0) is 17.9. The highest BCUT2D eigenvalue weighted by atomic mass is 16.6. The van der Waals surface area contributed by atoms with Gasteiger partial charge in [0.2, 0.25) is 0 Å². The number of para-hydroxylation sites is 1. The molecule has 0 bridgehead atoms. The number of anilines is 1. The van der Waals surface area contributed by atoms with Crippen LogP contribution in [0.15, 0.2) is 48.5 Å². The van der Waals surface area contributed by atoms with Gasteiger partial charge in [-0.3, -0.25) is 10.1 Å². The number of ether oxygens (including phenoxy) is 1. The van der Waals surface area contributed by atoms with Crippen molar-refractivity contribution in [1.82, 2.24) is 9.97 Å². The van der Waals surface area contributed by atoms with Crippen LogP contribution in [0.4, 0.5) is 11.5 Å². The second kappa shape index (κ2) is 7.05. The molecular weight excluding hydrogens is 332 g/mol. The average molecular weight is 350 g/mol. The summed E-state index contributed by atoms with van der Waals surface area (Å²) in [6, 6.07) is 14.1. The Bertz CT molecular complexity index is 954. The van der Waals surface area contributed by atoms with Gasteiger partial charge in [0, 0.05) is 36.2 Å². The summed E-state index contributed by atoms with van der Waals surface area (Å²) in [5, 5.41) is 15.3. The van der Waals surface area contributed by atoms with Crippen LogP contribution in [-0.2, 0) is 4.74 Å². The average Bonchev–Trinajstić information content (AvgIpc) is 3.19. The first-order valence-corrected chi connectivity index (χ1v) is 8.58. The Kier molecular flexibility index (Phi) is 4.45. The van der Waals surface area contributed by atoms with E-state index in [2.05, 4.69) is 15.3 Å². The van der Waals surface area contributed by atoms with Gasteiger partial charge >= 0.3 is 0 Å². The van der Waals surface area contributed by atoms with Gasteiger partial charge in [-0.05, 0) is 25.0 Å². The van der Waals surface area contributed by atoms with Crippen molar-refractivity contribution in [3.63, 3.8) is 0 Å². The van der Waals surface area contributed by atoms with Crippen molar-refractivity contribution in [2.24, 2.45) is 0 Å². The van der Waals surface area contributed by atoms with Crippen molar-refractivity contribution in [2.75, 3.05) is 18.5 Å². The number of hydrogen-bond donors (Lipinski definition) is 1. The van der Waals surface area contributed by atoms with Crippen molar-refractivity contribution in [2.45, 2.75) is 18.9 Å². The highest BCUT2D eigenvalue weighted by Gasteiger charge is 2.17. The number of fused-ring (bicyclic) bond motifs is 1. The number of non-ortho nitro benzene ring substituents is 1. The van der Waals surface area contributed by atoms with Crippen LogP contribution in [0, 0.1) is 10.1 Å². The highest BCUT2D eigenvalue weighted by Crippen LogP contribution is 2.27. The predicted octanol–water partition coefficient (Wildman–Crippen LogP) is 3.80. The number of rotatable bonds is 5. The van der Waals surface area contributed by atoms with Gasteiger partial charge in [0.15, 0.2) is 5.82 Å². The van der Waals surface area contributed by atoms with E-state index in [1.807, 2.05) is 24.3 Å². The van der Waals surface area contributed by atoms with Crippen LogP contribution in [0.25, 0.3) is 22.3 Å². The molecule has 0 amide bonds. The molecule has 1 N–H and O–H groups in total. The Balaban J connectivity index is 1.73. The summed E-state index contributed by atoms with van der Waals surface area (Å²) >= 11 is 0. The van der Waals surface area contributed by atoms with E-state index in [-0.39, 0.29) is 11.8 Å². The Morgan fingerprint density at radius 2 is 2.08 bits per heavy atom. The van der Waals surface area contributed by atoms with E-state index in [1.165, 1.54) is 12.1 Å². The maximum atomic E-state index is 11.1. The number of hydrogen-bond acceptors (Lipinski definition) is 6. The van der Waals surface area contributed by atoms with Crippen molar-refractivity contribution >= 4 is 22.4 Å². The SMILES string of the molecule is O=[N+]([O-])c1cccc(-c2nc(NC[C@H]3CCCO3)c3ccccc3n2)c1. The molecule has 2 aromatic carbocycles. The van der Waals surface area contributed by atoms with Crippen LogP contribution >= 0.6 is 0 Å². The normalized spacial score (nSPS) is 16.7. The molecule has 4 rings (SSSR count). The Morgan fingerprint density at radius 3 is 2.88 bits per heavy atom. The first kappa shape index (κ1) is 16.4. The zero-order valence-electron chi connectivity index (χ0n) is 14.1. The molecular formula is C19H18N4O3. The molecule has 0 radical (unpaired) electrons. The van der Waals surface area contributed by atoms with Crippen molar-refractivity contribution in [1.29, 1.82) is 0 Å². The molecule has 1 aliphatic heterocycles. The van der Waals surface area contributed by atoms with Crippen LogP contribution in [0.3, 0.4) is 0 Å². The van der Waals surface area contributed by atoms with Crippen molar-refractivity contribution in [3.8, 4) is 11.4 Å². The maximum absolute atomic E-state index is 11.1. The standard InChI is InChI=1S/C19H18N4O3/c24-23(25)14-6-3-5-13(11-14)18-21-17-9-2-1-8-16(17)19(22-18)20-12-15-7-4-10-26-15/h1-3,5-6,8-9,11,15H,4,7,10,12H2,(H,20,21,22)/t15-/m1/s1. The Hall–Kier alpha value is -3.06. The molecule has 26 heavy (non-hydrogen) atoms. The first-order valence-electron chi connectivity index (χ1n) is 8.58. The molecule has 0 spiro atoms. The lowest BCUT2D eigenvalue weighted by molar-refractivity contribution is -0.384. The number of nitrogens with one attached hydrogen (secondary N) is 1. The molecule has 7 heteroatoms. The Labute approximate surface area is 150 Å². The molecule has 1 atom stereocenters. The summed E-state index contributed by atoms with van der Waals surface area (Å²) in [5.41, 5.74) is 1.43. The van der Waals surface area contributed by atoms with E-state index in [0.717, 1.165) is 30.4 Å². The first-order chi connectivity index (χ1) is 12.7. The number of nitro groups is 1. The van der Waals surface area contributed by atoms with Crippen LogP contribution in [0.2, 0.25) is 0 Å². The van der Waals surface area contributed by atoms with Gasteiger partial charge in [-0.1, -0.05) is 24.3 Å². The minimum Gasteiger partial charge on any atom is -0.376 e. The third-order valence-corrected chi connectivity index (χ3v) is 4.44. The van der Waals surface area contributed by atoms with Crippen LogP contribution in [0.1, 0.15) is 12.8 Å². The summed E-state index contributed by atoms with van der Waals surface area (Å²) in [7, 11) is 0. The molecule has 1 aromatic heterocycles. The quantitative estimate of drug-likeness (QED) is 0.556. The van der Waals surface area contributed by atoms with Gasteiger partial charge in [0.05, 0.1) is 16.5 Å². The lowest BCUT2D eigenvalue weighted by Gasteiger charge is -2.14. The summed E-state index contributed by atoms with van der Waals surface area (Å²) in [6.07, 6.45) is 2.30. The van der Waals surface area contributed by atoms with Crippen molar-refractivity contribution < 1.29 is 9.66 Å². The molecule has 1 saturated heterocycles. The van der Waals surface area contributed by atoms with E-state index >= 15 is 0 Å². The molecule has 7 nitrogen and oxygen atoms in total. The smallest absolute Gasteiger partial charge is 0.270 e. The second-order valence-electron chi connectivity index (χ2n) is 6.24. The molecule has 132 valence electrons. The largest absolute Gasteiger partial charge is 0.376 e. The summed E-state index contributed by atoms with van der Waals surface area (Å²) in [5.74, 6) is 1.18. The van der Waals surface area contributed by atoms with Gasteiger partial charge in [-0.25, -0.2) is 9.97 Å². The lowest BCUT2D eigenvalue weighted by atomic mass is 10.1. The third-order valence-electron chi connectivity index (χ3n) is 4.44. The van der Waals surface area contributed by atoms with E-state index in [1.54, 1.807) is 12.1 Å². The molecule has 3 aromatic rings. The van der Waals surface area contributed by atoms with E-state index < -0.39 is 4.92 Å². The van der Waals surface area contributed by atoms with Gasteiger partial charge < -0.3 is 10.1 Å². The zero-order valence-corrected chi connectivity index (χ0v) is 14.1. The minimum absolute atomic E-state index is 0.0214. The van der Waals surface area contributed by atoms with Crippen LogP contribution in [0.5, 0.6) is 0 Å². The maximum Gasteiger partial charge on any atom is 0.270 e. The van der Waals surface area contributed by atoms with Gasteiger partial charge in [0.1, 0.15) is 5.82 Å². The predicted molar refractivity (Wildman–Crippen MR) is 99.1 cm³/mol. The number of aromatic nitrogens is 2. The fraction of sp³-hybridized carbons (Fsp3) is 0.263. The second-order valence-corrected chi connectivity index (χ2v) is 6.24. The third kappa shape index (κ3) is 3.34. The number of nitro benzene ring substituents is 1. The van der Waals surface area contributed by atoms with Crippen LogP contribution in [-0.4, -0.2) is 34.1 Å². The molecule has 0 saturated carbocycles. The molecule has 0 unspecified atom stereocenters. The summed E-state index contributed by atoms with van der Waals surface area (Å²) in [6.45, 7) is 1.48. The summed E-state index contributed by atoms with van der Waals surface area (Å²) in [4.78, 5) is 19.8. The molecule has 0 aliphatic carbocycles. The molecule has 2 heterocycles.